The third-order valence-electron chi connectivity index (χ3n) is 3.55. The molecule has 2 bridgehead atoms. The lowest BCUT2D eigenvalue weighted by Gasteiger charge is -2.17. The van der Waals surface area contributed by atoms with E-state index < -0.39 is 21.3 Å². The largest absolute Gasteiger partial charge is 0.508 e. The standard InChI is InChI=1S/C13H12O5S/c14-9-2-4-10(5-3-9)18-19(16,17)12-7-8-1-6-11(12)13(8)15/h1-6,8,11-12,14H,7H2. The molecule has 0 radical (unpaired) electrons. The lowest BCUT2D eigenvalue weighted by atomic mass is 10.1. The van der Waals surface area contributed by atoms with Crippen molar-refractivity contribution in [1.82, 2.24) is 0 Å². The Bertz CT molecular complexity index is 644. The molecule has 1 aromatic carbocycles. The SMILES string of the molecule is O=C1C2C=CC1C(S(=O)(=O)Oc1ccc(O)cc1)C2. The number of phenols is 1. The van der Waals surface area contributed by atoms with Crippen LogP contribution in [0.2, 0.25) is 0 Å². The topological polar surface area (TPSA) is 80.7 Å². The molecule has 0 amide bonds. The Morgan fingerprint density at radius 1 is 1.16 bits per heavy atom. The zero-order chi connectivity index (χ0) is 13.6. The number of rotatable bonds is 3. The van der Waals surface area contributed by atoms with Gasteiger partial charge in [0.1, 0.15) is 22.5 Å². The van der Waals surface area contributed by atoms with Gasteiger partial charge in [0, 0.05) is 5.92 Å². The normalized spacial score (nSPS) is 28.8. The molecule has 0 heterocycles. The van der Waals surface area contributed by atoms with E-state index in [1.54, 1.807) is 12.2 Å². The maximum atomic E-state index is 12.2. The van der Waals surface area contributed by atoms with Gasteiger partial charge in [-0.3, -0.25) is 4.79 Å². The number of Topliss-reactive ketones (excluding diaryl/α,β-unsaturated/α-hetero) is 1. The number of hydrogen-bond donors (Lipinski definition) is 1. The van der Waals surface area contributed by atoms with Gasteiger partial charge >= 0.3 is 10.1 Å². The van der Waals surface area contributed by atoms with Crippen molar-refractivity contribution in [2.75, 3.05) is 0 Å². The Balaban J connectivity index is 1.83. The van der Waals surface area contributed by atoms with Gasteiger partial charge in [-0.1, -0.05) is 12.2 Å². The molecule has 19 heavy (non-hydrogen) atoms. The highest BCUT2D eigenvalue weighted by atomic mass is 32.2. The summed E-state index contributed by atoms with van der Waals surface area (Å²) in [5, 5.41) is 8.33. The highest BCUT2D eigenvalue weighted by Gasteiger charge is 2.50. The fourth-order valence-electron chi connectivity index (χ4n) is 2.58. The molecule has 1 saturated carbocycles. The highest BCUT2D eigenvalue weighted by molar-refractivity contribution is 7.87. The lowest BCUT2D eigenvalue weighted by molar-refractivity contribution is -0.120. The second-order valence-corrected chi connectivity index (χ2v) is 6.52. The van der Waals surface area contributed by atoms with E-state index in [4.69, 9.17) is 9.29 Å². The van der Waals surface area contributed by atoms with Gasteiger partial charge in [-0.15, -0.1) is 0 Å². The van der Waals surface area contributed by atoms with Crippen molar-refractivity contribution < 1.29 is 22.5 Å². The number of benzene rings is 1. The van der Waals surface area contributed by atoms with Crippen LogP contribution in [0.5, 0.6) is 11.5 Å². The summed E-state index contributed by atoms with van der Waals surface area (Å²) in [6.07, 6.45) is 3.71. The molecule has 0 spiro atoms. The summed E-state index contributed by atoms with van der Waals surface area (Å²) in [5.41, 5.74) is 0. The fraction of sp³-hybridized carbons (Fsp3) is 0.308. The third-order valence-corrected chi connectivity index (χ3v) is 5.20. The van der Waals surface area contributed by atoms with E-state index >= 15 is 0 Å². The van der Waals surface area contributed by atoms with Crippen molar-refractivity contribution in [3.8, 4) is 11.5 Å². The average molecular weight is 280 g/mol. The van der Waals surface area contributed by atoms with E-state index in [0.717, 1.165) is 0 Å². The number of aromatic hydroxyl groups is 1. The molecule has 3 unspecified atom stereocenters. The van der Waals surface area contributed by atoms with Crippen LogP contribution in [0, 0.1) is 11.8 Å². The van der Waals surface area contributed by atoms with Gasteiger partial charge in [-0.2, -0.15) is 8.42 Å². The first-order chi connectivity index (χ1) is 8.97. The predicted octanol–water partition coefficient (Wildman–Crippen LogP) is 1.24. The zero-order valence-corrected chi connectivity index (χ0v) is 10.7. The molecule has 1 aromatic rings. The van der Waals surface area contributed by atoms with Gasteiger partial charge in [-0.05, 0) is 30.7 Å². The van der Waals surface area contributed by atoms with E-state index in [1.165, 1.54) is 24.3 Å². The minimum absolute atomic E-state index is 0.0304. The molecule has 0 aromatic heterocycles. The average Bonchev–Trinajstić information content (AvgIpc) is 2.88. The summed E-state index contributed by atoms with van der Waals surface area (Å²) >= 11 is 0. The second-order valence-electron chi connectivity index (χ2n) is 4.76. The van der Waals surface area contributed by atoms with Crippen molar-refractivity contribution in [3.05, 3.63) is 36.4 Å². The summed E-state index contributed by atoms with van der Waals surface area (Å²) < 4.78 is 29.3. The first-order valence-electron chi connectivity index (χ1n) is 5.92. The van der Waals surface area contributed by atoms with Gasteiger partial charge in [0.2, 0.25) is 0 Å². The predicted molar refractivity (Wildman–Crippen MR) is 67.2 cm³/mol. The van der Waals surface area contributed by atoms with Crippen LogP contribution in [-0.2, 0) is 14.9 Å². The van der Waals surface area contributed by atoms with Crippen molar-refractivity contribution in [1.29, 1.82) is 0 Å². The van der Waals surface area contributed by atoms with Crippen LogP contribution in [0.3, 0.4) is 0 Å². The monoisotopic (exact) mass is 280 g/mol. The van der Waals surface area contributed by atoms with E-state index in [9.17, 15) is 13.2 Å². The molecule has 1 N–H and O–H groups in total. The number of allylic oxidation sites excluding steroid dienone is 2. The molecule has 5 nitrogen and oxygen atoms in total. The summed E-state index contributed by atoms with van der Waals surface area (Å²) in [5.74, 6) is -0.733. The number of ketones is 1. The molecule has 1 fully saturated rings. The molecule has 2 aliphatic rings. The summed E-state index contributed by atoms with van der Waals surface area (Å²) in [6.45, 7) is 0. The van der Waals surface area contributed by atoms with Crippen molar-refractivity contribution in [3.63, 3.8) is 0 Å². The Morgan fingerprint density at radius 3 is 2.37 bits per heavy atom. The maximum absolute atomic E-state index is 12.2. The minimum Gasteiger partial charge on any atom is -0.508 e. The molecule has 100 valence electrons. The van der Waals surface area contributed by atoms with Crippen LogP contribution >= 0.6 is 0 Å². The van der Waals surface area contributed by atoms with Crippen molar-refractivity contribution in [2.45, 2.75) is 11.7 Å². The minimum atomic E-state index is -3.84. The van der Waals surface area contributed by atoms with Gasteiger partial charge in [0.25, 0.3) is 0 Å². The van der Waals surface area contributed by atoms with Crippen LogP contribution in [0.1, 0.15) is 6.42 Å². The van der Waals surface area contributed by atoms with Crippen LogP contribution in [0.25, 0.3) is 0 Å². The third kappa shape index (κ3) is 2.02. The summed E-state index contributed by atoms with van der Waals surface area (Å²) in [4.78, 5) is 11.7. The number of fused-ring (bicyclic) bond motifs is 2. The number of phenolic OH excluding ortho intramolecular Hbond substituents is 1. The molecular formula is C13H12O5S. The van der Waals surface area contributed by atoms with Gasteiger partial charge < -0.3 is 9.29 Å². The fourth-order valence-corrected chi connectivity index (χ4v) is 4.11. The number of hydrogen-bond acceptors (Lipinski definition) is 5. The number of carbonyl (C=O) groups is 1. The van der Waals surface area contributed by atoms with Gasteiger partial charge in [0.15, 0.2) is 0 Å². The van der Waals surface area contributed by atoms with Crippen molar-refractivity contribution >= 4 is 15.9 Å². The summed E-state index contributed by atoms with van der Waals surface area (Å²) in [7, 11) is -3.84. The molecule has 3 rings (SSSR count). The maximum Gasteiger partial charge on any atom is 0.313 e. The van der Waals surface area contributed by atoms with E-state index in [2.05, 4.69) is 0 Å². The molecule has 0 saturated heterocycles. The Morgan fingerprint density at radius 2 is 1.84 bits per heavy atom. The Hall–Kier alpha value is -1.82. The Kier molecular flexibility index (Phi) is 2.63. The summed E-state index contributed by atoms with van der Waals surface area (Å²) in [6, 6.07) is 5.43. The lowest BCUT2D eigenvalue weighted by Crippen LogP contribution is -2.30. The quantitative estimate of drug-likeness (QED) is 0.665. The van der Waals surface area contributed by atoms with E-state index in [0.29, 0.717) is 6.42 Å². The van der Waals surface area contributed by atoms with E-state index in [1.807, 2.05) is 0 Å². The first-order valence-corrected chi connectivity index (χ1v) is 7.39. The van der Waals surface area contributed by atoms with Crippen LogP contribution < -0.4 is 4.18 Å². The van der Waals surface area contributed by atoms with Crippen molar-refractivity contribution in [2.24, 2.45) is 11.8 Å². The molecule has 0 aliphatic heterocycles. The van der Waals surface area contributed by atoms with Gasteiger partial charge in [-0.25, -0.2) is 0 Å². The first kappa shape index (κ1) is 12.2. The second kappa shape index (κ2) is 4.09. The van der Waals surface area contributed by atoms with Crippen LogP contribution in [0.15, 0.2) is 36.4 Å². The highest BCUT2D eigenvalue weighted by Crippen LogP contribution is 2.40. The smallest absolute Gasteiger partial charge is 0.313 e. The molecule has 3 atom stereocenters. The number of carbonyl (C=O) groups excluding carboxylic acids is 1. The van der Waals surface area contributed by atoms with Crippen LogP contribution in [-0.4, -0.2) is 24.6 Å². The molecule has 2 aliphatic carbocycles. The molecular weight excluding hydrogens is 268 g/mol. The molecule has 6 heteroatoms. The van der Waals surface area contributed by atoms with Gasteiger partial charge in [0.05, 0.1) is 5.92 Å². The van der Waals surface area contributed by atoms with Crippen LogP contribution in [0.4, 0.5) is 0 Å². The Labute approximate surface area is 110 Å². The van der Waals surface area contributed by atoms with E-state index in [-0.39, 0.29) is 23.2 Å². The zero-order valence-electron chi connectivity index (χ0n) is 9.89.